The van der Waals surface area contributed by atoms with E-state index >= 15 is 0 Å². The zero-order valence-corrected chi connectivity index (χ0v) is 14.6. The molecule has 0 aromatic heterocycles. The van der Waals surface area contributed by atoms with Crippen LogP contribution in [-0.4, -0.2) is 19.9 Å². The lowest BCUT2D eigenvalue weighted by molar-refractivity contribution is 0.201. The summed E-state index contributed by atoms with van der Waals surface area (Å²) >= 11 is 6.57. The average molecular weight is 303 g/mol. The van der Waals surface area contributed by atoms with Crippen molar-refractivity contribution in [2.24, 2.45) is 0 Å². The van der Waals surface area contributed by atoms with E-state index in [0.717, 1.165) is 16.6 Å². The van der Waals surface area contributed by atoms with Crippen LogP contribution in [0.15, 0.2) is 0 Å². The van der Waals surface area contributed by atoms with Gasteiger partial charge < -0.3 is 4.43 Å². The number of rotatable bonds is 5. The normalized spacial score (nSPS) is 24.0. The molecule has 19 heavy (non-hydrogen) atoms. The lowest BCUT2D eigenvalue weighted by Crippen LogP contribution is -2.53. The first-order valence-electron chi connectivity index (χ1n) is 8.43. The van der Waals surface area contributed by atoms with Gasteiger partial charge in [0, 0.05) is 11.6 Å². The van der Waals surface area contributed by atoms with E-state index in [4.69, 9.17) is 16.0 Å². The predicted molar refractivity (Wildman–Crippen MR) is 86.4 cm³/mol. The highest BCUT2D eigenvalue weighted by Gasteiger charge is 2.49. The summed E-state index contributed by atoms with van der Waals surface area (Å²) < 4.78 is 6.67. The second kappa shape index (κ2) is 7.47. The van der Waals surface area contributed by atoms with E-state index in [-0.39, 0.29) is 0 Å². The van der Waals surface area contributed by atoms with E-state index in [9.17, 15) is 0 Å². The molecule has 2 fully saturated rings. The van der Waals surface area contributed by atoms with Crippen LogP contribution in [0.2, 0.25) is 11.1 Å². The van der Waals surface area contributed by atoms with E-state index in [1.165, 1.54) is 64.2 Å². The molecule has 0 spiro atoms. The van der Waals surface area contributed by atoms with Gasteiger partial charge >= 0.3 is 0 Å². The van der Waals surface area contributed by atoms with E-state index in [1.807, 2.05) is 0 Å². The molecule has 0 saturated heterocycles. The summed E-state index contributed by atoms with van der Waals surface area (Å²) in [7, 11) is -1.77. The highest BCUT2D eigenvalue weighted by Crippen LogP contribution is 2.49. The molecule has 1 nitrogen and oxygen atoms in total. The number of hydrogen-bond acceptors (Lipinski definition) is 1. The quantitative estimate of drug-likeness (QED) is 0.460. The van der Waals surface area contributed by atoms with Crippen molar-refractivity contribution >= 4 is 19.9 Å². The lowest BCUT2D eigenvalue weighted by Gasteiger charge is -2.46. The van der Waals surface area contributed by atoms with E-state index < -0.39 is 8.32 Å². The molecule has 0 amide bonds. The van der Waals surface area contributed by atoms with Gasteiger partial charge in [-0.15, -0.1) is 11.6 Å². The summed E-state index contributed by atoms with van der Waals surface area (Å²) in [6.45, 7) is 4.42. The first-order chi connectivity index (χ1) is 9.19. The van der Waals surface area contributed by atoms with Crippen molar-refractivity contribution in [3.8, 4) is 0 Å². The second-order valence-corrected chi connectivity index (χ2v) is 11.8. The van der Waals surface area contributed by atoms with Crippen LogP contribution in [0.5, 0.6) is 0 Å². The summed E-state index contributed by atoms with van der Waals surface area (Å²) in [6, 6.07) is 0. The molecular formula is C16H31ClOSi. The molecule has 0 aromatic rings. The highest BCUT2D eigenvalue weighted by atomic mass is 35.5. The highest BCUT2D eigenvalue weighted by molar-refractivity contribution is 6.82. The molecular weight excluding hydrogens is 272 g/mol. The maximum absolute atomic E-state index is 6.67. The standard InChI is InChI=1S/C16H31ClOSi/c1-14(2)18-19(13-17,15-9-5-3-6-10-15)16-11-7-4-8-12-16/h14-16H,3-13H2,1-2H3. The SMILES string of the molecule is CC(C)O[Si](CCl)(C1CCCCC1)C1CCCCC1. The molecule has 0 heterocycles. The fourth-order valence-electron chi connectivity index (χ4n) is 4.40. The predicted octanol–water partition coefficient (Wildman–Crippen LogP) is 5.80. The van der Waals surface area contributed by atoms with Gasteiger partial charge in [-0.3, -0.25) is 0 Å². The van der Waals surface area contributed by atoms with Crippen LogP contribution < -0.4 is 0 Å². The van der Waals surface area contributed by atoms with Gasteiger partial charge in [0.05, 0.1) is 0 Å². The van der Waals surface area contributed by atoms with Crippen molar-refractivity contribution in [1.29, 1.82) is 0 Å². The number of halogens is 1. The van der Waals surface area contributed by atoms with Crippen molar-refractivity contribution in [1.82, 2.24) is 0 Å². The van der Waals surface area contributed by atoms with Gasteiger partial charge in [-0.2, -0.15) is 0 Å². The molecule has 0 unspecified atom stereocenters. The monoisotopic (exact) mass is 302 g/mol. The van der Waals surface area contributed by atoms with Gasteiger partial charge in [0.25, 0.3) is 0 Å². The topological polar surface area (TPSA) is 9.23 Å². The molecule has 112 valence electrons. The molecule has 2 aliphatic carbocycles. The van der Waals surface area contributed by atoms with Gasteiger partial charge in [0.1, 0.15) is 0 Å². The molecule has 2 saturated carbocycles. The molecule has 0 N–H and O–H groups in total. The fraction of sp³-hybridized carbons (Fsp3) is 1.00. The van der Waals surface area contributed by atoms with Gasteiger partial charge in [0.2, 0.25) is 8.32 Å². The van der Waals surface area contributed by atoms with Crippen LogP contribution in [0.4, 0.5) is 0 Å². The van der Waals surface area contributed by atoms with E-state index in [0.29, 0.717) is 6.10 Å². The van der Waals surface area contributed by atoms with Crippen molar-refractivity contribution in [3.05, 3.63) is 0 Å². The van der Waals surface area contributed by atoms with Crippen LogP contribution in [0.3, 0.4) is 0 Å². The van der Waals surface area contributed by atoms with Crippen LogP contribution in [0.25, 0.3) is 0 Å². The molecule has 0 atom stereocenters. The van der Waals surface area contributed by atoms with Gasteiger partial charge in [-0.05, 0) is 24.9 Å². The Labute approximate surface area is 125 Å². The Hall–Kier alpha value is 0.467. The molecule has 2 aliphatic rings. The summed E-state index contributed by atoms with van der Waals surface area (Å²) in [5.74, 6) is 0. The third-order valence-electron chi connectivity index (χ3n) is 5.26. The summed E-state index contributed by atoms with van der Waals surface area (Å²) in [5.41, 5.74) is 2.51. The Morgan fingerprint density at radius 1 is 0.895 bits per heavy atom. The summed E-state index contributed by atoms with van der Waals surface area (Å²) in [6.07, 6.45) is 14.4. The number of hydrogen-bond donors (Lipinski definition) is 0. The molecule has 2 rings (SSSR count). The first kappa shape index (κ1) is 15.8. The maximum atomic E-state index is 6.67. The van der Waals surface area contributed by atoms with Crippen LogP contribution in [-0.2, 0) is 4.43 Å². The molecule has 0 radical (unpaired) electrons. The third-order valence-corrected chi connectivity index (χ3v) is 11.8. The maximum Gasteiger partial charge on any atom is 0.213 e. The first-order valence-corrected chi connectivity index (χ1v) is 11.2. The van der Waals surface area contributed by atoms with Crippen molar-refractivity contribution in [2.45, 2.75) is 95.2 Å². The van der Waals surface area contributed by atoms with Crippen LogP contribution in [0.1, 0.15) is 78.1 Å². The van der Waals surface area contributed by atoms with Crippen molar-refractivity contribution < 1.29 is 4.43 Å². The third kappa shape index (κ3) is 3.77. The lowest BCUT2D eigenvalue weighted by atomic mass is 9.99. The molecule has 3 heteroatoms. The Balaban J connectivity index is 2.17. The minimum absolute atomic E-state index is 0.356. The fourth-order valence-corrected chi connectivity index (χ4v) is 11.1. The van der Waals surface area contributed by atoms with Crippen molar-refractivity contribution in [2.75, 3.05) is 5.50 Å². The van der Waals surface area contributed by atoms with Gasteiger partial charge in [-0.1, -0.05) is 64.2 Å². The number of alkyl halides is 1. The Bertz CT molecular complexity index is 239. The largest absolute Gasteiger partial charge is 0.413 e. The second-order valence-electron chi connectivity index (χ2n) is 6.93. The molecule has 0 aliphatic heterocycles. The minimum Gasteiger partial charge on any atom is -0.413 e. The van der Waals surface area contributed by atoms with Gasteiger partial charge in [0.15, 0.2) is 0 Å². The van der Waals surface area contributed by atoms with Gasteiger partial charge in [-0.25, -0.2) is 0 Å². The molecule has 0 bridgehead atoms. The zero-order chi connectivity index (χ0) is 13.7. The Morgan fingerprint density at radius 3 is 1.63 bits per heavy atom. The van der Waals surface area contributed by atoms with Crippen LogP contribution in [0, 0.1) is 0 Å². The zero-order valence-electron chi connectivity index (χ0n) is 12.8. The summed E-state index contributed by atoms with van der Waals surface area (Å²) in [5, 5.41) is 0. The van der Waals surface area contributed by atoms with Crippen molar-refractivity contribution in [3.63, 3.8) is 0 Å². The van der Waals surface area contributed by atoms with E-state index in [1.54, 1.807) is 0 Å². The molecule has 0 aromatic carbocycles. The smallest absolute Gasteiger partial charge is 0.213 e. The Morgan fingerprint density at radius 2 is 1.32 bits per heavy atom. The van der Waals surface area contributed by atoms with E-state index in [2.05, 4.69) is 13.8 Å². The Kier molecular flexibility index (Phi) is 6.23. The van der Waals surface area contributed by atoms with Crippen LogP contribution >= 0.6 is 11.6 Å². The minimum atomic E-state index is -1.77. The average Bonchev–Trinajstić information content (AvgIpc) is 2.46. The summed E-state index contributed by atoms with van der Waals surface area (Å²) in [4.78, 5) is 0.